The van der Waals surface area contributed by atoms with Gasteiger partial charge in [0, 0.05) is 36.4 Å². The lowest BCUT2D eigenvalue weighted by Crippen LogP contribution is -2.30. The molecule has 6 heteroatoms. The molecule has 1 aliphatic heterocycles. The number of hydrogen-bond donors (Lipinski definition) is 1. The number of ketones is 1. The summed E-state index contributed by atoms with van der Waals surface area (Å²) in [5.41, 5.74) is 1.26. The minimum Gasteiger partial charge on any atom is -0.326 e. The van der Waals surface area contributed by atoms with Gasteiger partial charge in [-0.2, -0.15) is 0 Å². The van der Waals surface area contributed by atoms with Crippen LogP contribution < -0.4 is 5.32 Å². The maximum absolute atomic E-state index is 11.8. The number of imide groups is 1. The Balaban J connectivity index is 0.00000163. The standard InChI is InChI=1S/C18H20N2O4.C2H6/c1-13(21)14-6-8-15(9-7-14)19-16(22)5-3-2-4-12-20-17(23)10-11-18(20)24;1-2/h6-11H,2-5,12H2,1H3,(H,19,22);1-2H3. The number of Topliss-reactive ketones (excluding diaryl/α,β-unsaturated/α-hetero) is 1. The molecular formula is C20H26N2O4. The number of hydrogen-bond acceptors (Lipinski definition) is 4. The highest BCUT2D eigenvalue weighted by Crippen LogP contribution is 2.12. The number of rotatable bonds is 8. The molecule has 3 amide bonds. The molecule has 1 aromatic carbocycles. The zero-order valence-electron chi connectivity index (χ0n) is 15.6. The quantitative estimate of drug-likeness (QED) is 0.439. The van der Waals surface area contributed by atoms with Crippen LogP contribution >= 0.6 is 0 Å². The lowest BCUT2D eigenvalue weighted by molar-refractivity contribution is -0.136. The monoisotopic (exact) mass is 358 g/mol. The van der Waals surface area contributed by atoms with Gasteiger partial charge in [0.2, 0.25) is 5.91 Å². The number of unbranched alkanes of at least 4 members (excludes halogenated alkanes) is 2. The Labute approximate surface area is 154 Å². The first-order chi connectivity index (χ1) is 12.5. The minimum absolute atomic E-state index is 0.0157. The highest BCUT2D eigenvalue weighted by atomic mass is 16.2. The summed E-state index contributed by atoms with van der Waals surface area (Å²) in [6.07, 6.45) is 5.03. The van der Waals surface area contributed by atoms with Crippen LogP contribution in [0.2, 0.25) is 0 Å². The summed E-state index contributed by atoms with van der Waals surface area (Å²) >= 11 is 0. The van der Waals surface area contributed by atoms with Gasteiger partial charge in [0.05, 0.1) is 0 Å². The Hall–Kier alpha value is -2.76. The lowest BCUT2D eigenvalue weighted by Gasteiger charge is -2.13. The Kier molecular flexibility index (Phi) is 8.98. The molecule has 0 aromatic heterocycles. The van der Waals surface area contributed by atoms with E-state index < -0.39 is 0 Å². The smallest absolute Gasteiger partial charge is 0.253 e. The summed E-state index contributed by atoms with van der Waals surface area (Å²) in [6, 6.07) is 6.75. The third kappa shape index (κ3) is 6.63. The normalized spacial score (nSPS) is 12.7. The number of anilines is 1. The molecule has 26 heavy (non-hydrogen) atoms. The van der Waals surface area contributed by atoms with E-state index in [4.69, 9.17) is 0 Å². The summed E-state index contributed by atoms with van der Waals surface area (Å²) in [5, 5.41) is 2.78. The van der Waals surface area contributed by atoms with Crippen LogP contribution in [0.3, 0.4) is 0 Å². The molecule has 0 saturated heterocycles. The first kappa shape index (κ1) is 21.3. The van der Waals surface area contributed by atoms with Crippen LogP contribution in [0, 0.1) is 0 Å². The van der Waals surface area contributed by atoms with E-state index in [2.05, 4.69) is 5.32 Å². The fourth-order valence-electron chi connectivity index (χ4n) is 2.40. The van der Waals surface area contributed by atoms with Gasteiger partial charge >= 0.3 is 0 Å². The number of nitrogens with one attached hydrogen (secondary N) is 1. The Morgan fingerprint density at radius 2 is 1.50 bits per heavy atom. The van der Waals surface area contributed by atoms with Gasteiger partial charge in [-0.3, -0.25) is 24.1 Å². The lowest BCUT2D eigenvalue weighted by atomic mass is 10.1. The molecule has 0 spiro atoms. The van der Waals surface area contributed by atoms with Gasteiger partial charge in [-0.1, -0.05) is 20.3 Å². The molecule has 0 saturated carbocycles. The molecule has 1 N–H and O–H groups in total. The second kappa shape index (κ2) is 11.0. The average molecular weight is 358 g/mol. The number of amides is 3. The van der Waals surface area contributed by atoms with Crippen molar-refractivity contribution in [3.63, 3.8) is 0 Å². The number of benzene rings is 1. The van der Waals surface area contributed by atoms with Gasteiger partial charge in [0.1, 0.15) is 0 Å². The molecule has 1 heterocycles. The van der Waals surface area contributed by atoms with Crippen molar-refractivity contribution in [2.24, 2.45) is 0 Å². The van der Waals surface area contributed by atoms with E-state index in [-0.39, 0.29) is 23.5 Å². The molecule has 2 rings (SSSR count). The minimum atomic E-state index is -0.272. The zero-order chi connectivity index (χ0) is 19.5. The number of carbonyl (C=O) groups is 4. The first-order valence-corrected chi connectivity index (χ1v) is 8.92. The maximum atomic E-state index is 11.8. The molecule has 0 aliphatic carbocycles. The molecule has 140 valence electrons. The van der Waals surface area contributed by atoms with Crippen molar-refractivity contribution in [1.82, 2.24) is 4.90 Å². The van der Waals surface area contributed by atoms with E-state index in [0.717, 1.165) is 6.42 Å². The average Bonchev–Trinajstić information content (AvgIpc) is 2.95. The molecule has 1 aromatic rings. The van der Waals surface area contributed by atoms with Gasteiger partial charge in [-0.05, 0) is 44.0 Å². The predicted octanol–water partition coefficient (Wildman–Crippen LogP) is 3.34. The van der Waals surface area contributed by atoms with E-state index in [9.17, 15) is 19.2 Å². The van der Waals surface area contributed by atoms with E-state index in [1.165, 1.54) is 24.0 Å². The second-order valence-corrected chi connectivity index (χ2v) is 5.65. The van der Waals surface area contributed by atoms with Gasteiger partial charge in [0.15, 0.2) is 5.78 Å². The molecule has 0 unspecified atom stereocenters. The predicted molar refractivity (Wildman–Crippen MR) is 101 cm³/mol. The number of carbonyl (C=O) groups excluding carboxylic acids is 4. The molecule has 1 aliphatic rings. The highest BCUT2D eigenvalue weighted by Gasteiger charge is 2.22. The number of nitrogens with zero attached hydrogens (tertiary/aromatic N) is 1. The van der Waals surface area contributed by atoms with E-state index >= 15 is 0 Å². The van der Waals surface area contributed by atoms with Crippen LogP contribution in [-0.2, 0) is 14.4 Å². The van der Waals surface area contributed by atoms with Crippen LogP contribution in [0.15, 0.2) is 36.4 Å². The van der Waals surface area contributed by atoms with Crippen molar-refractivity contribution in [2.75, 3.05) is 11.9 Å². The van der Waals surface area contributed by atoms with Gasteiger partial charge in [-0.25, -0.2) is 0 Å². The summed E-state index contributed by atoms with van der Waals surface area (Å²) in [5.74, 6) is -0.655. The van der Waals surface area contributed by atoms with Crippen molar-refractivity contribution in [1.29, 1.82) is 0 Å². The van der Waals surface area contributed by atoms with Crippen molar-refractivity contribution in [3.05, 3.63) is 42.0 Å². The third-order valence-electron chi connectivity index (χ3n) is 3.76. The van der Waals surface area contributed by atoms with E-state index in [1.807, 2.05) is 13.8 Å². The van der Waals surface area contributed by atoms with Crippen LogP contribution in [0.5, 0.6) is 0 Å². The fourth-order valence-corrected chi connectivity index (χ4v) is 2.40. The van der Waals surface area contributed by atoms with E-state index in [1.54, 1.807) is 24.3 Å². The maximum Gasteiger partial charge on any atom is 0.253 e. The molecule has 0 atom stereocenters. The SMILES string of the molecule is CC.CC(=O)c1ccc(NC(=O)CCCCCN2C(=O)C=CC2=O)cc1. The Morgan fingerprint density at radius 1 is 0.923 bits per heavy atom. The van der Waals surface area contributed by atoms with E-state index in [0.29, 0.717) is 37.1 Å². The van der Waals surface area contributed by atoms with Crippen LogP contribution in [0.25, 0.3) is 0 Å². The Bertz CT molecular complexity index is 660. The third-order valence-corrected chi connectivity index (χ3v) is 3.76. The second-order valence-electron chi connectivity index (χ2n) is 5.65. The van der Waals surface area contributed by atoms with Crippen molar-refractivity contribution in [3.8, 4) is 0 Å². The molecule has 0 bridgehead atoms. The van der Waals surface area contributed by atoms with Crippen molar-refractivity contribution < 1.29 is 19.2 Å². The topological polar surface area (TPSA) is 83.6 Å². The van der Waals surface area contributed by atoms with Crippen molar-refractivity contribution >= 4 is 29.2 Å². The van der Waals surface area contributed by atoms with Crippen LogP contribution in [-0.4, -0.2) is 34.9 Å². The summed E-state index contributed by atoms with van der Waals surface area (Å²) in [7, 11) is 0. The highest BCUT2D eigenvalue weighted by molar-refractivity contribution is 6.12. The molecule has 6 nitrogen and oxygen atoms in total. The zero-order valence-corrected chi connectivity index (χ0v) is 15.6. The van der Waals surface area contributed by atoms with Gasteiger partial charge in [-0.15, -0.1) is 0 Å². The van der Waals surface area contributed by atoms with Gasteiger partial charge < -0.3 is 5.32 Å². The molecule has 0 radical (unpaired) electrons. The summed E-state index contributed by atoms with van der Waals surface area (Å²) < 4.78 is 0. The Morgan fingerprint density at radius 3 is 2.04 bits per heavy atom. The van der Waals surface area contributed by atoms with Crippen LogP contribution in [0.1, 0.15) is 56.8 Å². The summed E-state index contributed by atoms with van der Waals surface area (Å²) in [4.78, 5) is 47.0. The van der Waals surface area contributed by atoms with Gasteiger partial charge in [0.25, 0.3) is 11.8 Å². The summed E-state index contributed by atoms with van der Waals surface area (Å²) in [6.45, 7) is 5.88. The molecular weight excluding hydrogens is 332 g/mol. The molecule has 0 fully saturated rings. The fraction of sp³-hybridized carbons (Fsp3) is 0.400. The van der Waals surface area contributed by atoms with Crippen LogP contribution in [0.4, 0.5) is 5.69 Å². The van der Waals surface area contributed by atoms with Crippen molar-refractivity contribution in [2.45, 2.75) is 46.5 Å². The first-order valence-electron chi connectivity index (χ1n) is 8.92. The largest absolute Gasteiger partial charge is 0.326 e.